The summed E-state index contributed by atoms with van der Waals surface area (Å²) >= 11 is 3.17. The van der Waals surface area contributed by atoms with Crippen LogP contribution >= 0.6 is 23.3 Å². The lowest BCUT2D eigenvalue weighted by Crippen LogP contribution is -2.16. The molecule has 6 heteroatoms. The van der Waals surface area contributed by atoms with Gasteiger partial charge in [-0.2, -0.15) is 4.37 Å². The van der Waals surface area contributed by atoms with Gasteiger partial charge in [-0.3, -0.25) is 4.98 Å². The number of thioether (sulfide) groups is 1. The molecule has 0 aromatic carbocycles. The Bertz CT molecular complexity index is 390. The van der Waals surface area contributed by atoms with Gasteiger partial charge in [-0.1, -0.05) is 17.8 Å². The Hall–Kier alpha value is -0.980. The van der Waals surface area contributed by atoms with Crippen molar-refractivity contribution < 1.29 is 0 Å². The van der Waals surface area contributed by atoms with E-state index in [0.717, 1.165) is 23.2 Å². The van der Waals surface area contributed by atoms with Gasteiger partial charge in [0.25, 0.3) is 0 Å². The van der Waals surface area contributed by atoms with Crippen LogP contribution in [0, 0.1) is 0 Å². The monoisotopic (exact) mass is 252 g/mol. The average molecular weight is 252 g/mol. The number of nitrogens with one attached hydrogen (secondary N) is 1. The van der Waals surface area contributed by atoms with Crippen LogP contribution in [0.1, 0.15) is 5.56 Å². The molecule has 0 amide bonds. The lowest BCUT2D eigenvalue weighted by molar-refractivity contribution is 0.729. The third kappa shape index (κ3) is 3.88. The second-order valence-electron chi connectivity index (χ2n) is 3.09. The van der Waals surface area contributed by atoms with Crippen molar-refractivity contribution in [1.29, 1.82) is 0 Å². The SMILES string of the molecule is c1cncc(CNCCSc2ncns2)c1. The quantitative estimate of drug-likeness (QED) is 0.628. The fraction of sp³-hybridized carbons (Fsp3) is 0.300. The van der Waals surface area contributed by atoms with Crippen LogP contribution in [-0.2, 0) is 6.54 Å². The highest BCUT2D eigenvalue weighted by Gasteiger charge is 1.96. The zero-order valence-electron chi connectivity index (χ0n) is 8.67. The Balaban J connectivity index is 1.59. The molecule has 0 unspecified atom stereocenters. The smallest absolute Gasteiger partial charge is 0.169 e. The lowest BCUT2D eigenvalue weighted by Gasteiger charge is -2.02. The first kappa shape index (κ1) is 11.5. The molecule has 0 aliphatic heterocycles. The van der Waals surface area contributed by atoms with Crippen LogP contribution in [0.5, 0.6) is 0 Å². The van der Waals surface area contributed by atoms with Gasteiger partial charge >= 0.3 is 0 Å². The fourth-order valence-electron chi connectivity index (χ4n) is 1.17. The summed E-state index contributed by atoms with van der Waals surface area (Å²) < 4.78 is 4.98. The van der Waals surface area contributed by atoms with E-state index in [4.69, 9.17) is 0 Å². The van der Waals surface area contributed by atoms with Crippen LogP contribution in [0.2, 0.25) is 0 Å². The maximum absolute atomic E-state index is 4.10. The second kappa shape index (κ2) is 6.57. The number of rotatable bonds is 6. The predicted octanol–water partition coefficient (Wildman–Crippen LogP) is 1.81. The third-order valence-corrected chi connectivity index (χ3v) is 3.70. The second-order valence-corrected chi connectivity index (χ2v) is 5.22. The summed E-state index contributed by atoms with van der Waals surface area (Å²) in [6.45, 7) is 1.82. The van der Waals surface area contributed by atoms with Gasteiger partial charge in [0, 0.05) is 31.2 Å². The van der Waals surface area contributed by atoms with E-state index in [-0.39, 0.29) is 0 Å². The minimum Gasteiger partial charge on any atom is -0.312 e. The van der Waals surface area contributed by atoms with Crippen molar-refractivity contribution in [1.82, 2.24) is 19.7 Å². The molecule has 2 aromatic rings. The predicted molar refractivity (Wildman–Crippen MR) is 66.6 cm³/mol. The molecule has 0 atom stereocenters. The van der Waals surface area contributed by atoms with Gasteiger partial charge < -0.3 is 5.32 Å². The summed E-state index contributed by atoms with van der Waals surface area (Å²) in [7, 11) is 0. The molecule has 0 radical (unpaired) electrons. The van der Waals surface area contributed by atoms with Gasteiger partial charge in [-0.25, -0.2) is 4.98 Å². The standard InChI is InChI=1S/C10H12N4S2/c1-2-9(6-11-3-1)7-12-4-5-15-10-13-8-14-16-10/h1-3,6,8,12H,4-5,7H2. The van der Waals surface area contributed by atoms with Gasteiger partial charge in [0.15, 0.2) is 4.34 Å². The van der Waals surface area contributed by atoms with Crippen LogP contribution in [-0.4, -0.2) is 26.6 Å². The third-order valence-electron chi connectivity index (χ3n) is 1.90. The Kier molecular flexibility index (Phi) is 4.72. The zero-order valence-corrected chi connectivity index (χ0v) is 10.3. The zero-order chi connectivity index (χ0) is 11.1. The maximum atomic E-state index is 4.10. The van der Waals surface area contributed by atoms with E-state index in [1.807, 2.05) is 12.3 Å². The van der Waals surface area contributed by atoms with Gasteiger partial charge in [0.05, 0.1) is 0 Å². The van der Waals surface area contributed by atoms with E-state index in [0.29, 0.717) is 0 Å². The molecule has 2 aromatic heterocycles. The van der Waals surface area contributed by atoms with Gasteiger partial charge in [-0.05, 0) is 23.2 Å². The molecule has 0 saturated heterocycles. The molecular weight excluding hydrogens is 240 g/mol. The molecule has 0 aliphatic rings. The first-order chi connectivity index (χ1) is 7.95. The van der Waals surface area contributed by atoms with Crippen molar-refractivity contribution in [2.24, 2.45) is 0 Å². The van der Waals surface area contributed by atoms with Crippen molar-refractivity contribution in [3.05, 3.63) is 36.4 Å². The van der Waals surface area contributed by atoms with Gasteiger partial charge in [0.2, 0.25) is 0 Å². The highest BCUT2D eigenvalue weighted by atomic mass is 32.2. The molecule has 0 saturated carbocycles. The summed E-state index contributed by atoms with van der Waals surface area (Å²) in [6.07, 6.45) is 5.26. The van der Waals surface area contributed by atoms with Gasteiger partial charge in [0.1, 0.15) is 6.33 Å². The minimum atomic E-state index is 0.866. The Morgan fingerprint density at radius 2 is 2.44 bits per heavy atom. The molecule has 0 fully saturated rings. The molecule has 16 heavy (non-hydrogen) atoms. The maximum Gasteiger partial charge on any atom is 0.169 e. The largest absolute Gasteiger partial charge is 0.312 e. The molecule has 0 aliphatic carbocycles. The van der Waals surface area contributed by atoms with E-state index in [1.165, 1.54) is 17.1 Å². The molecule has 2 rings (SSSR count). The van der Waals surface area contributed by atoms with Crippen molar-refractivity contribution in [3.63, 3.8) is 0 Å². The molecule has 1 N–H and O–H groups in total. The summed E-state index contributed by atoms with van der Waals surface area (Å²) in [5.74, 6) is 1.01. The molecule has 4 nitrogen and oxygen atoms in total. The van der Waals surface area contributed by atoms with E-state index < -0.39 is 0 Å². The average Bonchev–Trinajstić information content (AvgIpc) is 2.83. The molecule has 84 valence electrons. The summed E-state index contributed by atoms with van der Waals surface area (Å²) in [5, 5.41) is 3.36. The van der Waals surface area contributed by atoms with E-state index >= 15 is 0 Å². The topological polar surface area (TPSA) is 50.7 Å². The van der Waals surface area contributed by atoms with Crippen molar-refractivity contribution in [2.75, 3.05) is 12.3 Å². The Morgan fingerprint density at radius 1 is 1.44 bits per heavy atom. The molecule has 0 spiro atoms. The van der Waals surface area contributed by atoms with Crippen LogP contribution in [0.25, 0.3) is 0 Å². The van der Waals surface area contributed by atoms with Crippen LogP contribution in [0.3, 0.4) is 0 Å². The molecular formula is C10H12N4S2. The van der Waals surface area contributed by atoms with Crippen LogP contribution in [0.4, 0.5) is 0 Å². The van der Waals surface area contributed by atoms with Crippen molar-refractivity contribution in [3.8, 4) is 0 Å². The number of aromatic nitrogens is 3. The fourth-order valence-corrected chi connectivity index (χ4v) is 2.58. The Labute approximate surface area is 103 Å². The van der Waals surface area contributed by atoms with E-state index in [2.05, 4.69) is 25.7 Å². The number of hydrogen-bond acceptors (Lipinski definition) is 6. The van der Waals surface area contributed by atoms with Crippen LogP contribution in [0.15, 0.2) is 35.2 Å². The first-order valence-electron chi connectivity index (χ1n) is 4.94. The van der Waals surface area contributed by atoms with Crippen molar-refractivity contribution in [2.45, 2.75) is 10.9 Å². The normalized spacial score (nSPS) is 10.5. The number of pyridine rings is 1. The van der Waals surface area contributed by atoms with E-state index in [1.54, 1.807) is 24.3 Å². The van der Waals surface area contributed by atoms with Gasteiger partial charge in [-0.15, -0.1) is 0 Å². The lowest BCUT2D eigenvalue weighted by atomic mass is 10.3. The number of nitrogens with zero attached hydrogens (tertiary/aromatic N) is 3. The molecule has 2 heterocycles. The highest BCUT2D eigenvalue weighted by Crippen LogP contribution is 2.16. The summed E-state index contributed by atoms with van der Waals surface area (Å²) in [5.41, 5.74) is 1.21. The van der Waals surface area contributed by atoms with Crippen LogP contribution < -0.4 is 5.32 Å². The number of hydrogen-bond donors (Lipinski definition) is 1. The molecule has 0 bridgehead atoms. The highest BCUT2D eigenvalue weighted by molar-refractivity contribution is 8.00. The van der Waals surface area contributed by atoms with Crippen molar-refractivity contribution >= 4 is 23.3 Å². The Morgan fingerprint density at radius 3 is 3.19 bits per heavy atom. The minimum absolute atomic E-state index is 0.866. The van der Waals surface area contributed by atoms with E-state index in [9.17, 15) is 0 Å². The first-order valence-corrected chi connectivity index (χ1v) is 6.70. The summed E-state index contributed by atoms with van der Waals surface area (Å²) in [4.78, 5) is 8.17. The summed E-state index contributed by atoms with van der Waals surface area (Å²) in [6, 6.07) is 4.02.